The Kier molecular flexibility index (Phi) is 7.26. The number of hydrogen-bond donors (Lipinski definition) is 2. The summed E-state index contributed by atoms with van der Waals surface area (Å²) in [5, 5.41) is 2.70. The van der Waals surface area contributed by atoms with E-state index in [9.17, 15) is 9.59 Å². The fraction of sp³-hybridized carbons (Fsp3) is 0.414. The molecule has 2 saturated heterocycles. The molecule has 9 nitrogen and oxygen atoms in total. The van der Waals surface area contributed by atoms with Crippen molar-refractivity contribution in [3.8, 4) is 11.3 Å². The summed E-state index contributed by atoms with van der Waals surface area (Å²) in [5.41, 5.74) is 2.68. The normalized spacial score (nSPS) is 20.6. The number of ether oxygens (including phenoxy) is 1. The third-order valence-corrected chi connectivity index (χ3v) is 8.02. The van der Waals surface area contributed by atoms with Gasteiger partial charge in [0.05, 0.1) is 36.2 Å². The van der Waals surface area contributed by atoms with Crippen LogP contribution in [0.4, 0.5) is 4.79 Å². The number of H-pyrrole nitrogens is 1. The SMILES string of the molecule is COC(=O)N[C@H](C(=O)N1CCC[C@H]1c1ncc(-c2ccc(B3OC(C)(C)C(C)(C)O3)cc2)[nH]1)c1ccccc1. The van der Waals surface area contributed by atoms with E-state index in [0.29, 0.717) is 12.1 Å². The number of carbonyl (C=O) groups is 2. The third-order valence-electron chi connectivity index (χ3n) is 8.02. The number of aromatic nitrogens is 2. The lowest BCUT2D eigenvalue weighted by atomic mass is 9.79. The first kappa shape index (κ1) is 27.0. The minimum Gasteiger partial charge on any atom is -0.453 e. The molecule has 0 unspecified atom stereocenters. The average molecular weight is 530 g/mol. The van der Waals surface area contributed by atoms with Gasteiger partial charge in [0.25, 0.3) is 5.91 Å². The molecule has 0 bridgehead atoms. The molecule has 2 fully saturated rings. The summed E-state index contributed by atoms with van der Waals surface area (Å²) in [7, 11) is 0.864. The second kappa shape index (κ2) is 10.5. The van der Waals surface area contributed by atoms with Gasteiger partial charge in [-0.2, -0.15) is 0 Å². The van der Waals surface area contributed by atoms with Gasteiger partial charge in [0.1, 0.15) is 11.9 Å². The van der Waals surface area contributed by atoms with Crippen molar-refractivity contribution in [1.29, 1.82) is 0 Å². The van der Waals surface area contributed by atoms with Gasteiger partial charge in [-0.05, 0) is 57.1 Å². The standard InChI is InChI=1S/C29H35BN4O5/c1-28(2)29(3,4)39-30(38-28)21-15-13-19(14-16-21)22-18-31-25(32-22)23-12-9-17-34(23)26(35)24(33-27(36)37-5)20-10-7-6-8-11-20/h6-8,10-11,13-16,18,23-24H,9,12,17H2,1-5H3,(H,31,32)(H,33,36)/t23-,24-/m0/s1. The molecular weight excluding hydrogens is 495 g/mol. The number of aromatic amines is 1. The van der Waals surface area contributed by atoms with Crippen molar-refractivity contribution in [1.82, 2.24) is 20.2 Å². The highest BCUT2D eigenvalue weighted by molar-refractivity contribution is 6.62. The van der Waals surface area contributed by atoms with Crippen molar-refractivity contribution in [2.45, 2.75) is 63.8 Å². The lowest BCUT2D eigenvalue weighted by Gasteiger charge is -2.32. The van der Waals surface area contributed by atoms with Crippen molar-refractivity contribution in [2.24, 2.45) is 0 Å². The number of benzene rings is 2. The second-order valence-corrected chi connectivity index (χ2v) is 11.1. The van der Waals surface area contributed by atoms with Crippen LogP contribution in [0.3, 0.4) is 0 Å². The summed E-state index contributed by atoms with van der Waals surface area (Å²) in [4.78, 5) is 35.6. The quantitative estimate of drug-likeness (QED) is 0.465. The van der Waals surface area contributed by atoms with E-state index in [1.165, 1.54) is 7.11 Å². The number of imidazole rings is 1. The van der Waals surface area contributed by atoms with E-state index in [2.05, 4.69) is 15.3 Å². The molecule has 2 aromatic carbocycles. The van der Waals surface area contributed by atoms with E-state index in [1.807, 2.05) is 82.3 Å². The second-order valence-electron chi connectivity index (χ2n) is 11.1. The lowest BCUT2D eigenvalue weighted by Crippen LogP contribution is -2.42. The Labute approximate surface area is 229 Å². The van der Waals surface area contributed by atoms with Gasteiger partial charge < -0.3 is 29.2 Å². The van der Waals surface area contributed by atoms with E-state index in [1.54, 1.807) is 11.1 Å². The van der Waals surface area contributed by atoms with E-state index < -0.39 is 30.5 Å². The summed E-state index contributed by atoms with van der Waals surface area (Å²) in [6, 6.07) is 16.2. The Morgan fingerprint density at radius 3 is 2.38 bits per heavy atom. The molecule has 2 aliphatic heterocycles. The molecule has 5 rings (SSSR count). The highest BCUT2D eigenvalue weighted by atomic mass is 16.7. The molecule has 2 atom stereocenters. The molecule has 3 aromatic rings. The van der Waals surface area contributed by atoms with Crippen LogP contribution >= 0.6 is 0 Å². The molecule has 1 aromatic heterocycles. The van der Waals surface area contributed by atoms with Crippen LogP contribution in [0.2, 0.25) is 0 Å². The minimum absolute atomic E-state index is 0.196. The van der Waals surface area contributed by atoms with Crippen molar-refractivity contribution < 1.29 is 23.6 Å². The van der Waals surface area contributed by atoms with Crippen molar-refractivity contribution in [3.05, 3.63) is 72.2 Å². The maximum atomic E-state index is 13.7. The first-order chi connectivity index (χ1) is 18.6. The molecule has 10 heteroatoms. The number of amides is 2. The number of nitrogens with one attached hydrogen (secondary N) is 2. The molecule has 3 heterocycles. The summed E-state index contributed by atoms with van der Waals surface area (Å²) >= 11 is 0. The van der Waals surface area contributed by atoms with Gasteiger partial charge in [0, 0.05) is 6.54 Å². The maximum absolute atomic E-state index is 13.7. The van der Waals surface area contributed by atoms with Crippen LogP contribution in [-0.4, -0.2) is 58.8 Å². The number of likely N-dealkylation sites (tertiary alicyclic amines) is 1. The zero-order valence-corrected chi connectivity index (χ0v) is 23.1. The molecule has 39 heavy (non-hydrogen) atoms. The molecule has 0 saturated carbocycles. The summed E-state index contributed by atoms with van der Waals surface area (Å²) in [6.45, 7) is 8.74. The maximum Gasteiger partial charge on any atom is 0.494 e. The highest BCUT2D eigenvalue weighted by Crippen LogP contribution is 2.37. The molecule has 0 aliphatic carbocycles. The average Bonchev–Trinajstić information content (AvgIpc) is 3.65. The molecular formula is C29H35BN4O5. The van der Waals surface area contributed by atoms with Crippen LogP contribution < -0.4 is 10.8 Å². The predicted molar refractivity (Wildman–Crippen MR) is 148 cm³/mol. The van der Waals surface area contributed by atoms with Crippen LogP contribution in [0.25, 0.3) is 11.3 Å². The van der Waals surface area contributed by atoms with Crippen LogP contribution in [0.5, 0.6) is 0 Å². The first-order valence-electron chi connectivity index (χ1n) is 13.3. The highest BCUT2D eigenvalue weighted by Gasteiger charge is 2.51. The molecule has 204 valence electrons. The fourth-order valence-electron chi connectivity index (χ4n) is 5.04. The van der Waals surface area contributed by atoms with Crippen molar-refractivity contribution in [2.75, 3.05) is 13.7 Å². The number of hydrogen-bond acceptors (Lipinski definition) is 6. The lowest BCUT2D eigenvalue weighted by molar-refractivity contribution is -0.134. The molecule has 2 N–H and O–H groups in total. The van der Waals surface area contributed by atoms with Gasteiger partial charge in [-0.1, -0.05) is 54.6 Å². The third kappa shape index (κ3) is 5.31. The number of nitrogens with zero attached hydrogens (tertiary/aromatic N) is 2. The Bertz CT molecular complexity index is 1310. The van der Waals surface area contributed by atoms with Gasteiger partial charge in [-0.15, -0.1) is 0 Å². The van der Waals surface area contributed by atoms with E-state index in [0.717, 1.165) is 35.4 Å². The topological polar surface area (TPSA) is 106 Å². The Balaban J connectivity index is 1.33. The fourth-order valence-corrected chi connectivity index (χ4v) is 5.04. The first-order valence-corrected chi connectivity index (χ1v) is 13.3. The van der Waals surface area contributed by atoms with Gasteiger partial charge in [0.15, 0.2) is 0 Å². The van der Waals surface area contributed by atoms with Crippen LogP contribution in [0.1, 0.15) is 64.0 Å². The molecule has 2 amide bonds. The minimum atomic E-state index is -0.851. The predicted octanol–water partition coefficient (Wildman–Crippen LogP) is 4.14. The van der Waals surface area contributed by atoms with E-state index in [4.69, 9.17) is 14.0 Å². The van der Waals surface area contributed by atoms with Gasteiger partial charge in [0.2, 0.25) is 0 Å². The van der Waals surface area contributed by atoms with Crippen LogP contribution in [0.15, 0.2) is 60.8 Å². The molecule has 0 radical (unpaired) electrons. The monoisotopic (exact) mass is 530 g/mol. The Morgan fingerprint density at radius 2 is 1.74 bits per heavy atom. The number of alkyl carbamates (subject to hydrolysis) is 1. The summed E-state index contributed by atoms with van der Waals surface area (Å²) in [5.74, 6) is 0.523. The van der Waals surface area contributed by atoms with Crippen molar-refractivity contribution in [3.63, 3.8) is 0 Å². The Morgan fingerprint density at radius 1 is 1.08 bits per heavy atom. The zero-order valence-electron chi connectivity index (χ0n) is 23.1. The van der Waals surface area contributed by atoms with Gasteiger partial charge in [-0.3, -0.25) is 4.79 Å². The van der Waals surface area contributed by atoms with E-state index >= 15 is 0 Å². The summed E-state index contributed by atoms with van der Waals surface area (Å²) < 4.78 is 17.1. The smallest absolute Gasteiger partial charge is 0.453 e. The Hall–Kier alpha value is -3.63. The van der Waals surface area contributed by atoms with Crippen molar-refractivity contribution >= 4 is 24.6 Å². The molecule has 2 aliphatic rings. The number of methoxy groups -OCH3 is 1. The van der Waals surface area contributed by atoms with Crippen LogP contribution in [0, 0.1) is 0 Å². The number of rotatable bonds is 6. The van der Waals surface area contributed by atoms with Gasteiger partial charge in [-0.25, -0.2) is 9.78 Å². The zero-order chi connectivity index (χ0) is 27.8. The van der Waals surface area contributed by atoms with Gasteiger partial charge >= 0.3 is 13.2 Å². The molecule has 0 spiro atoms. The van der Waals surface area contributed by atoms with E-state index in [-0.39, 0.29) is 11.9 Å². The number of carbonyl (C=O) groups excluding carboxylic acids is 2. The largest absolute Gasteiger partial charge is 0.494 e. The van der Waals surface area contributed by atoms with Crippen LogP contribution in [-0.2, 0) is 18.8 Å². The summed E-state index contributed by atoms with van der Waals surface area (Å²) in [6.07, 6.45) is 2.76.